The summed E-state index contributed by atoms with van der Waals surface area (Å²) in [4.78, 5) is 12.6. The van der Waals surface area contributed by atoms with Crippen LogP contribution in [0.5, 0.6) is 5.75 Å². The fraction of sp³-hybridized carbons (Fsp3) is 0.192. The molecule has 1 heterocycles. The minimum absolute atomic E-state index is 0.131. The zero-order chi connectivity index (χ0) is 21.5. The van der Waals surface area contributed by atoms with Gasteiger partial charge in [-0.25, -0.2) is 0 Å². The van der Waals surface area contributed by atoms with Gasteiger partial charge in [0.15, 0.2) is 5.43 Å². The van der Waals surface area contributed by atoms with Crippen LogP contribution in [-0.4, -0.2) is 30.9 Å². The number of benzene rings is 3. The summed E-state index contributed by atoms with van der Waals surface area (Å²) in [6.07, 6.45) is 0.253. The highest BCUT2D eigenvalue weighted by atomic mass is 16.5. The molecule has 0 radical (unpaired) electrons. The van der Waals surface area contributed by atoms with Crippen molar-refractivity contribution in [2.24, 2.45) is 0 Å². The Morgan fingerprint density at radius 1 is 0.935 bits per heavy atom. The van der Waals surface area contributed by atoms with Gasteiger partial charge in [-0.1, -0.05) is 60.7 Å². The van der Waals surface area contributed by atoms with Crippen LogP contribution in [0, 0.1) is 0 Å². The van der Waals surface area contributed by atoms with E-state index in [9.17, 15) is 9.90 Å². The minimum Gasteiger partial charge on any atom is -0.491 e. The normalized spacial score (nSPS) is 12.0. The largest absolute Gasteiger partial charge is 0.491 e. The van der Waals surface area contributed by atoms with Gasteiger partial charge in [0.05, 0.1) is 5.39 Å². The van der Waals surface area contributed by atoms with Crippen molar-refractivity contribution in [1.82, 2.24) is 5.32 Å². The maximum absolute atomic E-state index is 12.6. The van der Waals surface area contributed by atoms with Crippen LogP contribution >= 0.6 is 0 Å². The average molecular weight is 415 g/mol. The van der Waals surface area contributed by atoms with E-state index in [0.717, 1.165) is 18.5 Å². The molecule has 3 aromatic carbocycles. The Morgan fingerprint density at radius 3 is 2.45 bits per heavy atom. The molecule has 4 rings (SSSR count). The molecule has 0 amide bonds. The van der Waals surface area contributed by atoms with Crippen LogP contribution in [0.2, 0.25) is 0 Å². The summed E-state index contributed by atoms with van der Waals surface area (Å²) in [7, 11) is 0. The van der Waals surface area contributed by atoms with E-state index >= 15 is 0 Å². The summed E-state index contributed by atoms with van der Waals surface area (Å²) < 4.78 is 11.6. The van der Waals surface area contributed by atoms with Crippen molar-refractivity contribution in [3.8, 4) is 17.1 Å². The molecule has 1 aromatic heterocycles. The van der Waals surface area contributed by atoms with Crippen molar-refractivity contribution in [3.05, 3.63) is 101 Å². The second kappa shape index (κ2) is 10.1. The molecule has 5 nitrogen and oxygen atoms in total. The molecule has 0 spiro atoms. The maximum Gasteiger partial charge on any atom is 0.193 e. The Bertz CT molecular complexity index is 1170. The number of hydrogen-bond donors (Lipinski definition) is 2. The van der Waals surface area contributed by atoms with Crippen LogP contribution in [0.1, 0.15) is 5.56 Å². The van der Waals surface area contributed by atoms with Crippen LogP contribution in [0.15, 0.2) is 94.1 Å². The summed E-state index contributed by atoms with van der Waals surface area (Å²) in [5.74, 6) is 1.05. The molecule has 0 bridgehead atoms. The third kappa shape index (κ3) is 5.60. The lowest BCUT2D eigenvalue weighted by molar-refractivity contribution is 0.107. The van der Waals surface area contributed by atoms with Gasteiger partial charge in [-0.05, 0) is 36.7 Å². The second-order valence-corrected chi connectivity index (χ2v) is 7.40. The molecule has 158 valence electrons. The van der Waals surface area contributed by atoms with E-state index in [0.29, 0.717) is 29.0 Å². The van der Waals surface area contributed by atoms with Crippen molar-refractivity contribution >= 4 is 11.0 Å². The summed E-state index contributed by atoms with van der Waals surface area (Å²) in [6, 6.07) is 26.3. The van der Waals surface area contributed by atoms with Gasteiger partial charge in [-0.15, -0.1) is 0 Å². The number of rotatable bonds is 9. The van der Waals surface area contributed by atoms with Gasteiger partial charge in [-0.2, -0.15) is 0 Å². The van der Waals surface area contributed by atoms with Gasteiger partial charge in [0.1, 0.15) is 29.8 Å². The smallest absolute Gasteiger partial charge is 0.193 e. The predicted octanol–water partition coefficient (Wildman–Crippen LogP) is 4.03. The van der Waals surface area contributed by atoms with Gasteiger partial charge in [0.25, 0.3) is 0 Å². The molecule has 5 heteroatoms. The number of nitrogens with one attached hydrogen (secondary N) is 1. The lowest BCUT2D eigenvalue weighted by atomic mass is 10.1. The maximum atomic E-state index is 12.6. The lowest BCUT2D eigenvalue weighted by Gasteiger charge is -2.13. The fourth-order valence-corrected chi connectivity index (χ4v) is 3.37. The molecular weight excluding hydrogens is 390 g/mol. The topological polar surface area (TPSA) is 71.7 Å². The van der Waals surface area contributed by atoms with Crippen LogP contribution in [-0.2, 0) is 6.42 Å². The van der Waals surface area contributed by atoms with Gasteiger partial charge in [0.2, 0.25) is 0 Å². The molecule has 0 aliphatic rings. The van der Waals surface area contributed by atoms with Crippen molar-refractivity contribution in [2.45, 2.75) is 12.5 Å². The van der Waals surface area contributed by atoms with Gasteiger partial charge in [-0.3, -0.25) is 4.79 Å². The van der Waals surface area contributed by atoms with E-state index in [1.165, 1.54) is 11.6 Å². The SMILES string of the molecule is O=c1cc(-c2ccccc2)oc2ccc(OCC(O)CNCCc3ccccc3)cc12. The van der Waals surface area contributed by atoms with Gasteiger partial charge < -0.3 is 19.6 Å². The fourth-order valence-electron chi connectivity index (χ4n) is 3.37. The molecule has 0 saturated heterocycles. The number of aliphatic hydroxyl groups excluding tert-OH is 1. The molecule has 0 fully saturated rings. The summed E-state index contributed by atoms with van der Waals surface area (Å²) in [5.41, 5.74) is 2.48. The molecule has 31 heavy (non-hydrogen) atoms. The Morgan fingerprint density at radius 2 is 1.68 bits per heavy atom. The monoisotopic (exact) mass is 415 g/mol. The number of hydrogen-bond acceptors (Lipinski definition) is 5. The van der Waals surface area contributed by atoms with E-state index < -0.39 is 6.10 Å². The van der Waals surface area contributed by atoms with E-state index in [-0.39, 0.29) is 12.0 Å². The van der Waals surface area contributed by atoms with Crippen molar-refractivity contribution in [3.63, 3.8) is 0 Å². The number of ether oxygens (including phenoxy) is 1. The zero-order valence-corrected chi connectivity index (χ0v) is 17.2. The third-order valence-corrected chi connectivity index (χ3v) is 5.01. The first-order valence-corrected chi connectivity index (χ1v) is 10.4. The first kappa shape index (κ1) is 20.8. The number of aliphatic hydroxyl groups is 1. The van der Waals surface area contributed by atoms with E-state index in [4.69, 9.17) is 9.15 Å². The molecule has 1 unspecified atom stereocenters. The summed E-state index contributed by atoms with van der Waals surface area (Å²) in [5, 5.41) is 13.9. The van der Waals surface area contributed by atoms with E-state index in [1.807, 2.05) is 48.5 Å². The van der Waals surface area contributed by atoms with Gasteiger partial charge >= 0.3 is 0 Å². The van der Waals surface area contributed by atoms with Crippen molar-refractivity contribution < 1.29 is 14.3 Å². The van der Waals surface area contributed by atoms with Crippen LogP contribution in [0.25, 0.3) is 22.3 Å². The average Bonchev–Trinajstić information content (AvgIpc) is 2.82. The molecular formula is C26H25NO4. The first-order chi connectivity index (χ1) is 15.2. The van der Waals surface area contributed by atoms with Crippen LogP contribution < -0.4 is 15.5 Å². The molecule has 0 aliphatic heterocycles. The Hall–Kier alpha value is -3.41. The first-order valence-electron chi connectivity index (χ1n) is 10.4. The Kier molecular flexibility index (Phi) is 6.77. The van der Waals surface area contributed by atoms with E-state index in [1.54, 1.807) is 18.2 Å². The summed E-state index contributed by atoms with van der Waals surface area (Å²) >= 11 is 0. The molecule has 4 aromatic rings. The van der Waals surface area contributed by atoms with Crippen molar-refractivity contribution in [1.29, 1.82) is 0 Å². The van der Waals surface area contributed by atoms with Crippen LogP contribution in [0.3, 0.4) is 0 Å². The predicted molar refractivity (Wildman–Crippen MR) is 122 cm³/mol. The highest BCUT2D eigenvalue weighted by Crippen LogP contribution is 2.24. The second-order valence-electron chi connectivity index (χ2n) is 7.40. The third-order valence-electron chi connectivity index (χ3n) is 5.01. The standard InChI is InChI=1S/C26H25NO4/c28-21(17-27-14-13-19-7-3-1-4-8-19)18-30-22-11-12-25-23(15-22)24(29)16-26(31-25)20-9-5-2-6-10-20/h1-12,15-16,21,27-28H,13-14,17-18H2. The number of fused-ring (bicyclic) bond motifs is 1. The molecule has 0 aliphatic carbocycles. The lowest BCUT2D eigenvalue weighted by Crippen LogP contribution is -2.32. The Balaban J connectivity index is 1.32. The van der Waals surface area contributed by atoms with Crippen LogP contribution in [0.4, 0.5) is 0 Å². The molecule has 2 N–H and O–H groups in total. The minimum atomic E-state index is -0.650. The van der Waals surface area contributed by atoms with Gasteiger partial charge in [0, 0.05) is 18.2 Å². The quantitative estimate of drug-likeness (QED) is 0.404. The van der Waals surface area contributed by atoms with Crippen molar-refractivity contribution in [2.75, 3.05) is 19.7 Å². The highest BCUT2D eigenvalue weighted by Gasteiger charge is 2.10. The molecule has 0 saturated carbocycles. The summed E-state index contributed by atoms with van der Waals surface area (Å²) in [6.45, 7) is 1.35. The van der Waals surface area contributed by atoms with E-state index in [2.05, 4.69) is 17.4 Å². The Labute approximate surface area is 180 Å². The zero-order valence-electron chi connectivity index (χ0n) is 17.2. The molecule has 1 atom stereocenters. The highest BCUT2D eigenvalue weighted by molar-refractivity contribution is 5.80.